The number of benzene rings is 1. The van der Waals surface area contributed by atoms with Gasteiger partial charge in [-0.25, -0.2) is 4.79 Å². The number of halogens is 1. The number of nitrogens with zero attached hydrogens (tertiary/aromatic N) is 3. The maximum absolute atomic E-state index is 12.7. The van der Waals surface area contributed by atoms with Gasteiger partial charge >= 0.3 is 5.69 Å². The molecule has 2 aromatic rings. The molecule has 0 atom stereocenters. The third-order valence-corrected chi connectivity index (χ3v) is 6.14. The molecule has 1 aliphatic rings. The molecule has 0 unspecified atom stereocenters. The first-order chi connectivity index (χ1) is 13.9. The van der Waals surface area contributed by atoms with Gasteiger partial charge in [-0.15, -0.1) is 0 Å². The first-order valence-corrected chi connectivity index (χ1v) is 11.3. The van der Waals surface area contributed by atoms with Gasteiger partial charge in [-0.2, -0.15) is 4.98 Å². The third kappa shape index (κ3) is 6.07. The Labute approximate surface area is 180 Å². The summed E-state index contributed by atoms with van der Waals surface area (Å²) in [6.45, 7) is 1.62. The van der Waals surface area contributed by atoms with Gasteiger partial charge in [-0.1, -0.05) is 29.4 Å². The number of hydrogen-bond donors (Lipinski definition) is 1. The summed E-state index contributed by atoms with van der Waals surface area (Å²) in [6, 6.07) is 7.05. The molecule has 1 N–H and O–H groups in total. The zero-order valence-corrected chi connectivity index (χ0v) is 18.5. The number of amides is 1. The summed E-state index contributed by atoms with van der Waals surface area (Å²) in [5, 5.41) is 4.11. The van der Waals surface area contributed by atoms with Gasteiger partial charge in [0.05, 0.1) is 5.75 Å². The highest BCUT2D eigenvalue weighted by Crippen LogP contribution is 2.28. The molecule has 8 heteroatoms. The second-order valence-electron chi connectivity index (χ2n) is 7.49. The summed E-state index contributed by atoms with van der Waals surface area (Å²) in [5.41, 5.74) is 2.70. The molecule has 0 fully saturated rings. The Morgan fingerprint density at radius 1 is 1.31 bits per heavy atom. The van der Waals surface area contributed by atoms with Crippen molar-refractivity contribution >= 4 is 35.0 Å². The van der Waals surface area contributed by atoms with E-state index in [9.17, 15) is 9.59 Å². The molecule has 0 saturated carbocycles. The van der Waals surface area contributed by atoms with Gasteiger partial charge in [0.15, 0.2) is 0 Å². The second kappa shape index (κ2) is 10.3. The standard InChI is InChI=1S/C21H27ClN4O2S/c1-25(2)11-6-12-26-18-10-4-3-9-17(18)20(24-21(26)28)29-14-19(27)23-16-8-5-7-15(22)13-16/h5,7-8,13H,3-4,6,9-12,14H2,1-2H3,(H,23,27). The maximum Gasteiger partial charge on any atom is 0.348 e. The molecule has 3 rings (SSSR count). The lowest BCUT2D eigenvalue weighted by Gasteiger charge is -2.23. The van der Waals surface area contributed by atoms with Crippen LogP contribution in [0, 0.1) is 0 Å². The lowest BCUT2D eigenvalue weighted by molar-refractivity contribution is -0.113. The van der Waals surface area contributed by atoms with Crippen LogP contribution in [0.1, 0.15) is 30.5 Å². The predicted molar refractivity (Wildman–Crippen MR) is 119 cm³/mol. The molecular formula is C21H27ClN4O2S. The summed E-state index contributed by atoms with van der Waals surface area (Å²) < 4.78 is 1.84. The molecule has 1 aromatic carbocycles. The van der Waals surface area contributed by atoms with Crippen molar-refractivity contribution in [3.63, 3.8) is 0 Å². The summed E-state index contributed by atoms with van der Waals surface area (Å²) in [4.78, 5) is 31.5. The van der Waals surface area contributed by atoms with E-state index in [1.165, 1.54) is 11.8 Å². The Kier molecular flexibility index (Phi) is 7.75. The average Bonchev–Trinajstić information content (AvgIpc) is 2.68. The van der Waals surface area contributed by atoms with Crippen LogP contribution in [0.4, 0.5) is 5.69 Å². The molecule has 156 valence electrons. The van der Waals surface area contributed by atoms with Crippen LogP contribution in [0.15, 0.2) is 34.1 Å². The fraction of sp³-hybridized carbons (Fsp3) is 0.476. The van der Waals surface area contributed by atoms with E-state index in [2.05, 4.69) is 15.2 Å². The number of fused-ring (bicyclic) bond motifs is 1. The molecule has 29 heavy (non-hydrogen) atoms. The fourth-order valence-electron chi connectivity index (χ4n) is 3.54. The first-order valence-electron chi connectivity index (χ1n) is 9.89. The fourth-order valence-corrected chi connectivity index (χ4v) is 4.61. The minimum Gasteiger partial charge on any atom is -0.325 e. The van der Waals surface area contributed by atoms with Crippen molar-refractivity contribution in [1.82, 2.24) is 14.5 Å². The first kappa shape index (κ1) is 21.9. The summed E-state index contributed by atoms with van der Waals surface area (Å²) in [6.07, 6.45) is 4.90. The van der Waals surface area contributed by atoms with Crippen molar-refractivity contribution in [3.05, 3.63) is 51.0 Å². The largest absolute Gasteiger partial charge is 0.348 e. The normalized spacial score (nSPS) is 13.4. The van der Waals surface area contributed by atoms with Gasteiger partial charge in [0.2, 0.25) is 5.91 Å². The van der Waals surface area contributed by atoms with E-state index in [0.29, 0.717) is 22.3 Å². The van der Waals surface area contributed by atoms with Gasteiger partial charge in [0.1, 0.15) is 5.03 Å². The van der Waals surface area contributed by atoms with E-state index < -0.39 is 0 Å². The topological polar surface area (TPSA) is 67.2 Å². The number of nitrogens with one attached hydrogen (secondary N) is 1. The quantitative estimate of drug-likeness (QED) is 0.509. The van der Waals surface area contributed by atoms with Crippen molar-refractivity contribution in [2.45, 2.75) is 43.7 Å². The van der Waals surface area contributed by atoms with Crippen molar-refractivity contribution < 1.29 is 4.79 Å². The van der Waals surface area contributed by atoms with Gasteiger partial charge < -0.3 is 10.2 Å². The van der Waals surface area contributed by atoms with Crippen molar-refractivity contribution in [1.29, 1.82) is 0 Å². The van der Waals surface area contributed by atoms with Crippen molar-refractivity contribution in [3.8, 4) is 0 Å². The molecule has 0 radical (unpaired) electrons. The van der Waals surface area contributed by atoms with Crippen LogP contribution < -0.4 is 11.0 Å². The molecule has 1 amide bonds. The molecular weight excluding hydrogens is 408 g/mol. The lowest BCUT2D eigenvalue weighted by Crippen LogP contribution is -2.31. The van der Waals surface area contributed by atoms with E-state index in [0.717, 1.165) is 49.9 Å². The molecule has 0 saturated heterocycles. The highest BCUT2D eigenvalue weighted by atomic mass is 35.5. The van der Waals surface area contributed by atoms with Gasteiger partial charge in [0, 0.05) is 28.5 Å². The van der Waals surface area contributed by atoms with E-state index in [1.807, 2.05) is 18.7 Å². The predicted octanol–water partition coefficient (Wildman–Crippen LogP) is 3.46. The molecule has 0 aliphatic heterocycles. The second-order valence-corrected chi connectivity index (χ2v) is 8.89. The zero-order valence-electron chi connectivity index (χ0n) is 16.9. The number of anilines is 1. The smallest absolute Gasteiger partial charge is 0.325 e. The van der Waals surface area contributed by atoms with Crippen molar-refractivity contribution in [2.24, 2.45) is 0 Å². The maximum atomic E-state index is 12.7. The molecule has 1 heterocycles. The molecule has 0 bridgehead atoms. The highest BCUT2D eigenvalue weighted by molar-refractivity contribution is 8.00. The summed E-state index contributed by atoms with van der Waals surface area (Å²) in [5.74, 6) is 0.0644. The Bertz CT molecular complexity index is 929. The van der Waals surface area contributed by atoms with E-state index in [1.54, 1.807) is 24.3 Å². The molecule has 1 aromatic heterocycles. The number of carbonyl (C=O) groups is 1. The summed E-state index contributed by atoms with van der Waals surface area (Å²) in [7, 11) is 4.06. The van der Waals surface area contributed by atoms with Crippen LogP contribution in [0.5, 0.6) is 0 Å². The number of hydrogen-bond acceptors (Lipinski definition) is 5. The summed E-state index contributed by atoms with van der Waals surface area (Å²) >= 11 is 7.30. The minimum absolute atomic E-state index is 0.140. The van der Waals surface area contributed by atoms with Crippen LogP contribution in [0.25, 0.3) is 0 Å². The highest BCUT2D eigenvalue weighted by Gasteiger charge is 2.21. The van der Waals surface area contributed by atoms with E-state index in [-0.39, 0.29) is 17.3 Å². The lowest BCUT2D eigenvalue weighted by atomic mass is 9.97. The van der Waals surface area contributed by atoms with E-state index in [4.69, 9.17) is 11.6 Å². The van der Waals surface area contributed by atoms with E-state index >= 15 is 0 Å². The number of thioether (sulfide) groups is 1. The number of aromatic nitrogens is 2. The zero-order chi connectivity index (χ0) is 20.8. The molecule has 1 aliphatic carbocycles. The monoisotopic (exact) mass is 434 g/mol. The van der Waals surface area contributed by atoms with Crippen LogP contribution >= 0.6 is 23.4 Å². The SMILES string of the molecule is CN(C)CCCn1c2c(c(SCC(=O)Nc3cccc(Cl)c3)nc1=O)CCCC2. The van der Waals surface area contributed by atoms with Gasteiger partial charge in [-0.05, 0) is 70.9 Å². The van der Waals surface area contributed by atoms with Crippen LogP contribution in [0.2, 0.25) is 5.02 Å². The Morgan fingerprint density at radius 2 is 2.10 bits per heavy atom. The van der Waals surface area contributed by atoms with Crippen LogP contribution in [0.3, 0.4) is 0 Å². The molecule has 6 nitrogen and oxygen atoms in total. The molecule has 0 spiro atoms. The van der Waals surface area contributed by atoms with Gasteiger partial charge in [-0.3, -0.25) is 9.36 Å². The third-order valence-electron chi connectivity index (χ3n) is 4.89. The average molecular weight is 435 g/mol. The number of rotatable bonds is 8. The van der Waals surface area contributed by atoms with Crippen molar-refractivity contribution in [2.75, 3.05) is 31.7 Å². The minimum atomic E-state index is -0.206. The van der Waals surface area contributed by atoms with Crippen LogP contribution in [-0.4, -0.2) is 46.8 Å². The van der Waals surface area contributed by atoms with Gasteiger partial charge in [0.25, 0.3) is 0 Å². The Hall–Kier alpha value is -1.83. The Balaban J connectivity index is 1.71. The Morgan fingerprint density at radius 3 is 2.86 bits per heavy atom. The number of carbonyl (C=O) groups excluding carboxylic acids is 1. The van der Waals surface area contributed by atoms with Crippen LogP contribution in [-0.2, 0) is 24.2 Å².